The lowest BCUT2D eigenvalue weighted by Gasteiger charge is -1.97. The maximum atomic E-state index is 10.3. The monoisotopic (exact) mass is 309 g/mol. The van der Waals surface area contributed by atoms with E-state index < -0.39 is 11.9 Å². The van der Waals surface area contributed by atoms with Crippen molar-refractivity contribution in [3.05, 3.63) is 35.4 Å². The van der Waals surface area contributed by atoms with Gasteiger partial charge in [-0.05, 0) is 37.2 Å². The molecule has 124 valence electrons. The van der Waals surface area contributed by atoms with Crippen molar-refractivity contribution in [1.82, 2.24) is 0 Å². The maximum Gasteiger partial charge on any atom is 0.335 e. The molecule has 0 fully saturated rings. The first kappa shape index (κ1) is 20.1. The van der Waals surface area contributed by atoms with Gasteiger partial charge in [-0.15, -0.1) is 0 Å². The first-order chi connectivity index (χ1) is 10.5. The molecule has 22 heavy (non-hydrogen) atoms. The first-order valence-corrected chi connectivity index (χ1v) is 7.79. The zero-order chi connectivity index (χ0) is 16.8. The zero-order valence-corrected chi connectivity index (χ0v) is 13.3. The zero-order valence-electron chi connectivity index (χ0n) is 13.3. The second kappa shape index (κ2) is 12.8. The van der Waals surface area contributed by atoms with Crippen molar-refractivity contribution in [2.75, 3.05) is 6.54 Å². The summed E-state index contributed by atoms with van der Waals surface area (Å²) in [7, 11) is 0. The number of carboxylic acids is 2. The molecular formula is C17H27NO4. The van der Waals surface area contributed by atoms with Crippen molar-refractivity contribution in [3.63, 3.8) is 0 Å². The van der Waals surface area contributed by atoms with E-state index in [1.54, 1.807) is 0 Å². The molecule has 0 amide bonds. The van der Waals surface area contributed by atoms with Gasteiger partial charge in [0, 0.05) is 0 Å². The van der Waals surface area contributed by atoms with Gasteiger partial charge in [0.15, 0.2) is 0 Å². The number of unbranched alkanes of at least 4 members (excludes halogenated alkanes) is 6. The second-order valence-electron chi connectivity index (χ2n) is 5.10. The van der Waals surface area contributed by atoms with Crippen LogP contribution in [-0.4, -0.2) is 28.7 Å². The van der Waals surface area contributed by atoms with Crippen LogP contribution in [0.1, 0.15) is 72.6 Å². The third-order valence-corrected chi connectivity index (χ3v) is 3.19. The van der Waals surface area contributed by atoms with Gasteiger partial charge >= 0.3 is 11.9 Å². The van der Waals surface area contributed by atoms with Crippen LogP contribution < -0.4 is 5.73 Å². The van der Waals surface area contributed by atoms with E-state index in [0.29, 0.717) is 0 Å². The van der Waals surface area contributed by atoms with Crippen molar-refractivity contribution in [1.29, 1.82) is 0 Å². The largest absolute Gasteiger partial charge is 0.478 e. The Balaban J connectivity index is 0.000000409. The summed E-state index contributed by atoms with van der Waals surface area (Å²) in [5, 5.41) is 16.9. The Bertz CT molecular complexity index is 388. The van der Waals surface area contributed by atoms with Gasteiger partial charge in [0.1, 0.15) is 0 Å². The Labute approximate surface area is 132 Å². The standard InChI is InChI=1S/C9H21N.C8H6O4/c1-2-3-4-5-6-7-8-9-10;9-7(10)5-1-2-6(4-3-5)8(11)12/h2-10H2,1H3;1-4H,(H,9,10)(H,11,12). The minimum atomic E-state index is -1.06. The molecule has 0 spiro atoms. The summed E-state index contributed by atoms with van der Waals surface area (Å²) in [6, 6.07) is 5.02. The molecule has 1 aromatic carbocycles. The summed E-state index contributed by atoms with van der Waals surface area (Å²) in [6.45, 7) is 3.12. The van der Waals surface area contributed by atoms with Gasteiger partial charge in [0.2, 0.25) is 0 Å². The van der Waals surface area contributed by atoms with Gasteiger partial charge in [-0.1, -0.05) is 45.4 Å². The Morgan fingerprint density at radius 3 is 1.50 bits per heavy atom. The smallest absolute Gasteiger partial charge is 0.335 e. The van der Waals surface area contributed by atoms with Crippen molar-refractivity contribution >= 4 is 11.9 Å². The molecule has 0 saturated heterocycles. The highest BCUT2D eigenvalue weighted by Crippen LogP contribution is 2.05. The summed E-state index contributed by atoms with van der Waals surface area (Å²) in [6.07, 6.45) is 9.51. The highest BCUT2D eigenvalue weighted by atomic mass is 16.4. The lowest BCUT2D eigenvalue weighted by Crippen LogP contribution is -1.99. The van der Waals surface area contributed by atoms with Crippen LogP contribution in [0.15, 0.2) is 24.3 Å². The van der Waals surface area contributed by atoms with E-state index in [9.17, 15) is 9.59 Å². The Morgan fingerprint density at radius 2 is 1.18 bits per heavy atom. The van der Waals surface area contributed by atoms with Crippen LogP contribution in [0, 0.1) is 0 Å². The van der Waals surface area contributed by atoms with Gasteiger partial charge in [-0.3, -0.25) is 0 Å². The fourth-order valence-electron chi connectivity index (χ4n) is 1.86. The number of hydrogen-bond acceptors (Lipinski definition) is 3. The summed E-state index contributed by atoms with van der Waals surface area (Å²) in [5.41, 5.74) is 5.54. The molecule has 5 heteroatoms. The average Bonchev–Trinajstić information content (AvgIpc) is 2.51. The van der Waals surface area contributed by atoms with Gasteiger partial charge < -0.3 is 15.9 Å². The Morgan fingerprint density at radius 1 is 0.818 bits per heavy atom. The third kappa shape index (κ3) is 9.94. The quantitative estimate of drug-likeness (QED) is 0.603. The minimum absolute atomic E-state index is 0.0833. The number of carbonyl (C=O) groups is 2. The highest BCUT2D eigenvalue weighted by Gasteiger charge is 2.04. The predicted molar refractivity (Wildman–Crippen MR) is 87.4 cm³/mol. The van der Waals surface area contributed by atoms with E-state index in [2.05, 4.69) is 6.92 Å². The van der Waals surface area contributed by atoms with Crippen molar-refractivity contribution < 1.29 is 19.8 Å². The summed E-state index contributed by atoms with van der Waals surface area (Å²) < 4.78 is 0. The van der Waals surface area contributed by atoms with Crippen molar-refractivity contribution in [2.24, 2.45) is 5.73 Å². The summed E-state index contributed by atoms with van der Waals surface area (Å²) in [4.78, 5) is 20.7. The molecule has 0 heterocycles. The minimum Gasteiger partial charge on any atom is -0.478 e. The van der Waals surface area contributed by atoms with E-state index in [1.165, 1.54) is 69.2 Å². The molecule has 0 aromatic heterocycles. The number of rotatable bonds is 9. The highest BCUT2D eigenvalue weighted by molar-refractivity contribution is 5.91. The van der Waals surface area contributed by atoms with Crippen LogP contribution in [0.25, 0.3) is 0 Å². The topological polar surface area (TPSA) is 101 Å². The molecular weight excluding hydrogens is 282 g/mol. The van der Waals surface area contributed by atoms with Crippen LogP contribution in [-0.2, 0) is 0 Å². The van der Waals surface area contributed by atoms with Gasteiger partial charge in [0.05, 0.1) is 11.1 Å². The molecule has 0 saturated carbocycles. The first-order valence-electron chi connectivity index (χ1n) is 7.79. The molecule has 4 N–H and O–H groups in total. The Hall–Kier alpha value is -1.88. The third-order valence-electron chi connectivity index (χ3n) is 3.19. The van der Waals surface area contributed by atoms with E-state index in [0.717, 1.165) is 6.54 Å². The molecule has 0 radical (unpaired) electrons. The number of aromatic carboxylic acids is 2. The number of carboxylic acid groups (broad SMARTS) is 2. The molecule has 0 unspecified atom stereocenters. The van der Waals surface area contributed by atoms with Crippen molar-refractivity contribution in [3.8, 4) is 0 Å². The van der Waals surface area contributed by atoms with E-state index in [-0.39, 0.29) is 11.1 Å². The van der Waals surface area contributed by atoms with Crippen LogP contribution >= 0.6 is 0 Å². The molecule has 0 atom stereocenters. The van der Waals surface area contributed by atoms with Crippen molar-refractivity contribution in [2.45, 2.75) is 51.9 Å². The molecule has 0 aliphatic carbocycles. The lowest BCUT2D eigenvalue weighted by molar-refractivity contribution is 0.0681. The van der Waals surface area contributed by atoms with E-state index in [4.69, 9.17) is 15.9 Å². The second-order valence-corrected chi connectivity index (χ2v) is 5.10. The molecule has 5 nitrogen and oxygen atoms in total. The normalized spacial score (nSPS) is 9.73. The van der Waals surface area contributed by atoms with Gasteiger partial charge in [-0.2, -0.15) is 0 Å². The van der Waals surface area contributed by atoms with E-state index >= 15 is 0 Å². The maximum absolute atomic E-state index is 10.3. The van der Waals surface area contributed by atoms with Crippen LogP contribution in [0.5, 0.6) is 0 Å². The predicted octanol–water partition coefficient (Wildman–Crippen LogP) is 3.78. The molecule has 0 bridgehead atoms. The van der Waals surface area contributed by atoms with Gasteiger partial charge in [-0.25, -0.2) is 9.59 Å². The molecule has 1 aromatic rings. The average molecular weight is 309 g/mol. The fourth-order valence-corrected chi connectivity index (χ4v) is 1.86. The summed E-state index contributed by atoms with van der Waals surface area (Å²) in [5.74, 6) is -2.13. The number of nitrogens with two attached hydrogens (primary N) is 1. The number of benzene rings is 1. The molecule has 0 aliphatic rings. The Kier molecular flexibility index (Phi) is 11.7. The molecule has 1 rings (SSSR count). The fraction of sp³-hybridized carbons (Fsp3) is 0.529. The van der Waals surface area contributed by atoms with Crippen LogP contribution in [0.2, 0.25) is 0 Å². The van der Waals surface area contributed by atoms with E-state index in [1.807, 2.05) is 0 Å². The van der Waals surface area contributed by atoms with Crippen LogP contribution in [0.3, 0.4) is 0 Å². The van der Waals surface area contributed by atoms with Gasteiger partial charge in [0.25, 0.3) is 0 Å². The number of hydrogen-bond donors (Lipinski definition) is 3. The molecule has 0 aliphatic heterocycles. The lowest BCUT2D eigenvalue weighted by atomic mass is 10.1. The summed E-state index contributed by atoms with van der Waals surface area (Å²) >= 11 is 0. The van der Waals surface area contributed by atoms with Crippen LogP contribution in [0.4, 0.5) is 0 Å². The SMILES string of the molecule is CCCCCCCCCN.O=C(O)c1ccc(C(=O)O)cc1.